The summed E-state index contributed by atoms with van der Waals surface area (Å²) >= 11 is 1.18. The number of aryl methyl sites for hydroxylation is 1. The molecule has 0 amide bonds. The average Bonchev–Trinajstić information content (AvgIpc) is 3.60. The van der Waals surface area contributed by atoms with E-state index in [0.29, 0.717) is 48.7 Å². The molecular weight excluding hydrogens is 488 g/mol. The van der Waals surface area contributed by atoms with Gasteiger partial charge in [-0.1, -0.05) is 18.2 Å². The van der Waals surface area contributed by atoms with E-state index in [-0.39, 0.29) is 29.7 Å². The number of carbonyl (C=O) groups is 3. The van der Waals surface area contributed by atoms with Crippen molar-refractivity contribution in [2.75, 3.05) is 0 Å². The summed E-state index contributed by atoms with van der Waals surface area (Å²) in [5.41, 5.74) is 3.56. The molecular formula is C28H22N4O4S. The SMILES string of the molecule is CC(=O)c1ccc(C(=O)Cc2cccc(C(=O)c3ccc4[nH]c(O)c(C=Nc5cc(C)[nH]n5)c4c3)c2)s1. The third-order valence-electron chi connectivity index (χ3n) is 5.88. The number of ketones is 3. The minimum absolute atomic E-state index is 0.0578. The number of thiophene rings is 1. The molecule has 5 aromatic rings. The summed E-state index contributed by atoms with van der Waals surface area (Å²) < 4.78 is 0. The predicted molar refractivity (Wildman–Crippen MR) is 143 cm³/mol. The number of aliphatic imine (C=N–C) groups is 1. The Hall–Kier alpha value is -4.63. The second-order valence-electron chi connectivity index (χ2n) is 8.66. The Balaban J connectivity index is 1.40. The zero-order chi connectivity index (χ0) is 26.1. The number of nitrogens with zero attached hydrogens (tertiary/aromatic N) is 2. The minimum Gasteiger partial charge on any atom is -0.494 e. The Bertz CT molecular complexity index is 1710. The molecule has 0 aliphatic heterocycles. The largest absolute Gasteiger partial charge is 0.494 e. The van der Waals surface area contributed by atoms with E-state index in [1.165, 1.54) is 24.5 Å². The summed E-state index contributed by atoms with van der Waals surface area (Å²) in [4.78, 5) is 45.9. The number of Topliss-reactive ketones (excluding diaryl/α,β-unsaturated/α-hetero) is 2. The maximum absolute atomic E-state index is 13.3. The highest BCUT2D eigenvalue weighted by Gasteiger charge is 2.16. The van der Waals surface area contributed by atoms with Crippen molar-refractivity contribution in [2.45, 2.75) is 20.3 Å². The third-order valence-corrected chi connectivity index (χ3v) is 7.11. The first-order chi connectivity index (χ1) is 17.8. The van der Waals surface area contributed by atoms with E-state index in [1.807, 2.05) is 6.92 Å². The summed E-state index contributed by atoms with van der Waals surface area (Å²) in [5, 5.41) is 17.9. The van der Waals surface area contributed by atoms with Gasteiger partial charge in [-0.25, -0.2) is 4.99 Å². The minimum atomic E-state index is -0.210. The molecule has 0 unspecified atom stereocenters. The highest BCUT2D eigenvalue weighted by Crippen LogP contribution is 2.28. The topological polar surface area (TPSA) is 128 Å². The van der Waals surface area contributed by atoms with Crippen LogP contribution < -0.4 is 0 Å². The van der Waals surface area contributed by atoms with Gasteiger partial charge in [0.2, 0.25) is 0 Å². The zero-order valence-corrected chi connectivity index (χ0v) is 20.8. The molecule has 2 aromatic carbocycles. The molecule has 0 aliphatic rings. The van der Waals surface area contributed by atoms with Crippen LogP contribution in [0.3, 0.4) is 0 Å². The first kappa shape index (κ1) is 24.1. The molecule has 3 N–H and O–H groups in total. The van der Waals surface area contributed by atoms with E-state index in [1.54, 1.807) is 60.7 Å². The molecule has 0 saturated carbocycles. The molecule has 0 atom stereocenters. The molecule has 0 fully saturated rings. The van der Waals surface area contributed by atoms with E-state index in [4.69, 9.17) is 0 Å². The lowest BCUT2D eigenvalue weighted by atomic mass is 9.98. The summed E-state index contributed by atoms with van der Waals surface area (Å²) in [6.07, 6.45) is 1.63. The second kappa shape index (κ2) is 9.79. The van der Waals surface area contributed by atoms with Gasteiger partial charge in [0.25, 0.3) is 0 Å². The number of nitrogens with one attached hydrogen (secondary N) is 2. The Labute approximate surface area is 215 Å². The lowest BCUT2D eigenvalue weighted by molar-refractivity contribution is 0.0992. The average molecular weight is 511 g/mol. The van der Waals surface area contributed by atoms with E-state index < -0.39 is 0 Å². The Morgan fingerprint density at radius 3 is 2.54 bits per heavy atom. The second-order valence-corrected chi connectivity index (χ2v) is 9.75. The summed E-state index contributed by atoms with van der Waals surface area (Å²) in [6.45, 7) is 3.34. The molecule has 8 nitrogen and oxygen atoms in total. The molecule has 0 spiro atoms. The van der Waals surface area contributed by atoms with Gasteiger partial charge in [-0.15, -0.1) is 11.3 Å². The van der Waals surface area contributed by atoms with E-state index in [9.17, 15) is 19.5 Å². The smallest absolute Gasteiger partial charge is 0.198 e. The molecule has 5 rings (SSSR count). The van der Waals surface area contributed by atoms with Gasteiger partial charge in [-0.05, 0) is 55.8 Å². The zero-order valence-electron chi connectivity index (χ0n) is 20.0. The molecule has 184 valence electrons. The number of hydrogen-bond acceptors (Lipinski definition) is 7. The van der Waals surface area contributed by atoms with Crippen molar-refractivity contribution in [1.82, 2.24) is 15.2 Å². The van der Waals surface area contributed by atoms with E-state index in [0.717, 1.165) is 5.69 Å². The number of aromatic hydroxyl groups is 1. The number of H-pyrrole nitrogens is 2. The van der Waals surface area contributed by atoms with Gasteiger partial charge >= 0.3 is 0 Å². The summed E-state index contributed by atoms with van der Waals surface area (Å²) in [7, 11) is 0. The fourth-order valence-corrected chi connectivity index (χ4v) is 4.85. The van der Waals surface area contributed by atoms with Crippen molar-refractivity contribution in [3.05, 3.63) is 98.4 Å². The van der Waals surface area contributed by atoms with Crippen molar-refractivity contribution in [2.24, 2.45) is 4.99 Å². The monoisotopic (exact) mass is 510 g/mol. The number of carbonyl (C=O) groups excluding carboxylic acids is 3. The van der Waals surface area contributed by atoms with Crippen LogP contribution in [0.15, 0.2) is 65.7 Å². The molecule has 0 radical (unpaired) electrons. The van der Waals surface area contributed by atoms with Gasteiger partial charge in [-0.3, -0.25) is 19.5 Å². The Morgan fingerprint density at radius 1 is 1.03 bits per heavy atom. The van der Waals surface area contributed by atoms with Crippen LogP contribution in [0, 0.1) is 6.92 Å². The quantitative estimate of drug-likeness (QED) is 0.186. The molecule has 0 aliphatic carbocycles. The molecule has 37 heavy (non-hydrogen) atoms. The van der Waals surface area contributed by atoms with Crippen molar-refractivity contribution in [3.63, 3.8) is 0 Å². The number of fused-ring (bicyclic) bond motifs is 1. The van der Waals surface area contributed by atoms with Crippen LogP contribution in [0.5, 0.6) is 5.88 Å². The van der Waals surface area contributed by atoms with Gasteiger partial charge in [0, 0.05) is 46.4 Å². The van der Waals surface area contributed by atoms with Crippen LogP contribution in [-0.4, -0.2) is 43.9 Å². The van der Waals surface area contributed by atoms with Crippen LogP contribution in [0.1, 0.15) is 59.0 Å². The highest BCUT2D eigenvalue weighted by molar-refractivity contribution is 7.16. The number of aromatic nitrogens is 3. The van der Waals surface area contributed by atoms with Crippen LogP contribution >= 0.6 is 11.3 Å². The molecule has 0 bridgehead atoms. The fourth-order valence-electron chi connectivity index (χ4n) is 4.01. The molecule has 9 heteroatoms. The van der Waals surface area contributed by atoms with Gasteiger partial charge in [0.15, 0.2) is 29.0 Å². The van der Waals surface area contributed by atoms with E-state index in [2.05, 4.69) is 20.2 Å². The van der Waals surface area contributed by atoms with Crippen LogP contribution in [0.25, 0.3) is 10.9 Å². The first-order valence-electron chi connectivity index (χ1n) is 11.5. The fraction of sp³-hybridized carbons (Fsp3) is 0.107. The predicted octanol–water partition coefficient (Wildman–Crippen LogP) is 5.58. The molecule has 3 heterocycles. The standard InChI is InChI=1S/C28H22N4O4S/c1-15-10-26(32-31-15)29-14-21-20-13-19(6-7-22(20)30-28(21)36)27(35)18-5-3-4-17(11-18)12-23(34)25-9-8-24(37-25)16(2)33/h3-11,13-14,30,36H,12H2,1-2H3,(H,31,32). The maximum Gasteiger partial charge on any atom is 0.198 e. The first-order valence-corrected chi connectivity index (χ1v) is 12.3. The van der Waals surface area contributed by atoms with Crippen molar-refractivity contribution in [1.29, 1.82) is 0 Å². The van der Waals surface area contributed by atoms with Crippen molar-refractivity contribution in [3.8, 4) is 5.88 Å². The number of hydrogen-bond donors (Lipinski definition) is 3. The molecule has 0 saturated heterocycles. The highest BCUT2D eigenvalue weighted by atomic mass is 32.1. The summed E-state index contributed by atoms with van der Waals surface area (Å²) in [6, 6.07) is 17.2. The summed E-state index contributed by atoms with van der Waals surface area (Å²) in [5.74, 6) is 0.0256. The van der Waals surface area contributed by atoms with Gasteiger partial charge < -0.3 is 10.1 Å². The lowest BCUT2D eigenvalue weighted by Crippen LogP contribution is -2.05. The Morgan fingerprint density at radius 2 is 1.81 bits per heavy atom. The van der Waals surface area contributed by atoms with E-state index >= 15 is 0 Å². The maximum atomic E-state index is 13.3. The van der Waals surface area contributed by atoms with Gasteiger partial charge in [-0.2, -0.15) is 5.10 Å². The van der Waals surface area contributed by atoms with Crippen molar-refractivity contribution >= 4 is 51.6 Å². The van der Waals surface area contributed by atoms with Crippen molar-refractivity contribution < 1.29 is 19.5 Å². The molecule has 3 aromatic heterocycles. The lowest BCUT2D eigenvalue weighted by Gasteiger charge is -2.05. The number of benzene rings is 2. The third kappa shape index (κ3) is 5.03. The van der Waals surface area contributed by atoms with Gasteiger partial charge in [0.05, 0.1) is 15.3 Å². The number of aromatic amines is 2. The normalized spacial score (nSPS) is 11.4. The van der Waals surface area contributed by atoms with Crippen LogP contribution in [-0.2, 0) is 6.42 Å². The van der Waals surface area contributed by atoms with Gasteiger partial charge in [0.1, 0.15) is 0 Å². The Kier molecular flexibility index (Phi) is 6.37. The van der Waals surface area contributed by atoms with Crippen LogP contribution in [0.2, 0.25) is 0 Å². The number of rotatable bonds is 8. The van der Waals surface area contributed by atoms with Crippen LogP contribution in [0.4, 0.5) is 5.82 Å².